The lowest BCUT2D eigenvalue weighted by atomic mass is 10.2. The number of rotatable bonds is 6. The molecule has 0 aromatic heterocycles. The molecule has 2 N–H and O–H groups in total. The van der Waals surface area contributed by atoms with Crippen molar-refractivity contribution in [3.63, 3.8) is 0 Å². The second kappa shape index (κ2) is 10.9. The molecule has 148 valence electrons. The molecule has 2 saturated heterocycles. The summed E-state index contributed by atoms with van der Waals surface area (Å²) in [5.74, 6) is 1.23. The van der Waals surface area contributed by atoms with Gasteiger partial charge in [-0.1, -0.05) is 6.92 Å². The fourth-order valence-corrected chi connectivity index (χ4v) is 4.95. The number of aliphatic imine (C=N–C) groups is 1. The monoisotopic (exact) mass is 487 g/mol. The van der Waals surface area contributed by atoms with Crippen LogP contribution in [0, 0.1) is 0 Å². The van der Waals surface area contributed by atoms with Crippen molar-refractivity contribution in [2.45, 2.75) is 39.3 Å². The van der Waals surface area contributed by atoms with Crippen molar-refractivity contribution in [2.24, 2.45) is 4.99 Å². The third-order valence-corrected chi connectivity index (χ3v) is 6.68. The maximum Gasteiger partial charge on any atom is 0.191 e. The summed E-state index contributed by atoms with van der Waals surface area (Å²) in [6.07, 6.45) is 0.668. The van der Waals surface area contributed by atoms with E-state index in [1.165, 1.54) is 0 Å². The Labute approximate surface area is 169 Å². The van der Waals surface area contributed by atoms with E-state index in [-0.39, 0.29) is 41.5 Å². The molecule has 2 rings (SSSR count). The number of halogens is 1. The van der Waals surface area contributed by atoms with E-state index in [0.717, 1.165) is 51.8 Å². The minimum atomic E-state index is -2.87. The van der Waals surface area contributed by atoms with Crippen molar-refractivity contribution in [2.75, 3.05) is 57.3 Å². The zero-order valence-corrected chi connectivity index (χ0v) is 18.8. The van der Waals surface area contributed by atoms with Gasteiger partial charge in [0.1, 0.15) is 0 Å². The largest absolute Gasteiger partial charge is 0.357 e. The molecule has 2 unspecified atom stereocenters. The number of likely N-dealkylation sites (N-methyl/N-ethyl adjacent to an activating group) is 1. The molecule has 2 heterocycles. The Bertz CT molecular complexity index is 521. The van der Waals surface area contributed by atoms with Crippen LogP contribution >= 0.6 is 24.0 Å². The summed E-state index contributed by atoms with van der Waals surface area (Å²) in [5, 5.41) is 6.51. The van der Waals surface area contributed by atoms with Gasteiger partial charge in [-0.15, -0.1) is 24.0 Å². The topological polar surface area (TPSA) is 77.0 Å². The van der Waals surface area contributed by atoms with Crippen LogP contribution in [0.5, 0.6) is 0 Å². The first-order chi connectivity index (χ1) is 11.4. The Morgan fingerprint density at radius 2 is 1.92 bits per heavy atom. The Morgan fingerprint density at radius 1 is 1.24 bits per heavy atom. The summed E-state index contributed by atoms with van der Waals surface area (Å²) >= 11 is 0. The summed E-state index contributed by atoms with van der Waals surface area (Å²) in [7, 11) is -2.87. The van der Waals surface area contributed by atoms with Crippen LogP contribution in [0.2, 0.25) is 0 Å². The number of hydrogen-bond acceptors (Lipinski definition) is 5. The highest BCUT2D eigenvalue weighted by atomic mass is 127. The SMILES string of the molecule is CCNC(=NCC(C)N1CCN(CC)CC1)NC1CCS(=O)(=O)C1.I. The number of piperazine rings is 1. The van der Waals surface area contributed by atoms with E-state index in [4.69, 9.17) is 0 Å². The number of nitrogens with zero attached hydrogens (tertiary/aromatic N) is 3. The normalized spacial score (nSPS) is 26.0. The third-order valence-electron chi connectivity index (χ3n) is 4.91. The predicted molar refractivity (Wildman–Crippen MR) is 115 cm³/mol. The summed E-state index contributed by atoms with van der Waals surface area (Å²) in [6.45, 7) is 13.5. The standard InChI is InChI=1S/C16H33N5O2S.HI/c1-4-17-16(19-15-6-11-24(22,23)13-15)18-12-14(3)21-9-7-20(5-2)8-10-21;/h14-15H,4-13H2,1-3H3,(H2,17,18,19);1H. The van der Waals surface area contributed by atoms with Crippen LogP contribution in [0.4, 0.5) is 0 Å². The minimum Gasteiger partial charge on any atom is -0.357 e. The van der Waals surface area contributed by atoms with E-state index in [9.17, 15) is 8.42 Å². The van der Waals surface area contributed by atoms with Gasteiger partial charge in [0.2, 0.25) is 0 Å². The molecule has 0 bridgehead atoms. The number of sulfone groups is 1. The molecule has 0 aliphatic carbocycles. The lowest BCUT2D eigenvalue weighted by Crippen LogP contribution is -2.50. The molecule has 9 heteroatoms. The second-order valence-electron chi connectivity index (χ2n) is 6.78. The van der Waals surface area contributed by atoms with Crippen molar-refractivity contribution in [3.8, 4) is 0 Å². The molecule has 0 radical (unpaired) electrons. The third kappa shape index (κ3) is 7.56. The smallest absolute Gasteiger partial charge is 0.191 e. The first kappa shape index (κ1) is 22.9. The van der Waals surface area contributed by atoms with Crippen molar-refractivity contribution in [1.82, 2.24) is 20.4 Å². The van der Waals surface area contributed by atoms with Gasteiger partial charge < -0.3 is 15.5 Å². The summed E-state index contributed by atoms with van der Waals surface area (Å²) in [6, 6.07) is 0.378. The molecule has 0 aromatic carbocycles. The average molecular weight is 487 g/mol. The predicted octanol–water partition coefficient (Wildman–Crippen LogP) is 0.373. The lowest BCUT2D eigenvalue weighted by molar-refractivity contribution is 0.109. The molecule has 0 aromatic rings. The van der Waals surface area contributed by atoms with E-state index >= 15 is 0 Å². The maximum atomic E-state index is 11.6. The van der Waals surface area contributed by atoms with Gasteiger partial charge in [0, 0.05) is 44.8 Å². The van der Waals surface area contributed by atoms with E-state index in [1.807, 2.05) is 6.92 Å². The van der Waals surface area contributed by atoms with Crippen LogP contribution in [-0.2, 0) is 9.84 Å². The molecule has 2 atom stereocenters. The van der Waals surface area contributed by atoms with Gasteiger partial charge in [0.15, 0.2) is 15.8 Å². The van der Waals surface area contributed by atoms with Crippen molar-refractivity contribution >= 4 is 39.8 Å². The van der Waals surface area contributed by atoms with Gasteiger partial charge in [-0.25, -0.2) is 8.42 Å². The Hall–Kier alpha value is -0.130. The Kier molecular flexibility index (Phi) is 9.97. The van der Waals surface area contributed by atoms with E-state index in [2.05, 4.69) is 39.3 Å². The van der Waals surface area contributed by atoms with Crippen LogP contribution in [0.3, 0.4) is 0 Å². The second-order valence-corrected chi connectivity index (χ2v) is 9.01. The Morgan fingerprint density at radius 3 is 2.44 bits per heavy atom. The first-order valence-electron chi connectivity index (χ1n) is 9.15. The van der Waals surface area contributed by atoms with Crippen molar-refractivity contribution < 1.29 is 8.42 Å². The zero-order valence-electron chi connectivity index (χ0n) is 15.7. The Balaban J connectivity index is 0.00000312. The van der Waals surface area contributed by atoms with Gasteiger partial charge >= 0.3 is 0 Å². The molecule has 2 aliphatic heterocycles. The van der Waals surface area contributed by atoms with Crippen LogP contribution in [-0.4, -0.2) is 93.6 Å². The highest BCUT2D eigenvalue weighted by molar-refractivity contribution is 14.0. The molecular weight excluding hydrogens is 453 g/mol. The number of hydrogen-bond donors (Lipinski definition) is 2. The number of guanidine groups is 1. The number of nitrogens with one attached hydrogen (secondary N) is 2. The van der Waals surface area contributed by atoms with Gasteiger partial charge in [-0.3, -0.25) is 9.89 Å². The fraction of sp³-hybridized carbons (Fsp3) is 0.938. The van der Waals surface area contributed by atoms with Crippen molar-refractivity contribution in [1.29, 1.82) is 0 Å². The van der Waals surface area contributed by atoms with Crippen LogP contribution in [0.25, 0.3) is 0 Å². The molecule has 0 spiro atoms. The summed E-state index contributed by atoms with van der Waals surface area (Å²) < 4.78 is 23.2. The zero-order chi connectivity index (χ0) is 17.6. The molecule has 7 nitrogen and oxygen atoms in total. The van der Waals surface area contributed by atoms with Crippen LogP contribution in [0.15, 0.2) is 4.99 Å². The first-order valence-corrected chi connectivity index (χ1v) is 11.0. The van der Waals surface area contributed by atoms with Crippen LogP contribution < -0.4 is 10.6 Å². The van der Waals surface area contributed by atoms with Gasteiger partial charge in [0.25, 0.3) is 0 Å². The van der Waals surface area contributed by atoms with Gasteiger partial charge in [0.05, 0.1) is 18.1 Å². The average Bonchev–Trinajstić information content (AvgIpc) is 2.91. The molecule has 2 aliphatic rings. The summed E-state index contributed by atoms with van der Waals surface area (Å²) in [5.41, 5.74) is 0. The maximum absolute atomic E-state index is 11.6. The highest BCUT2D eigenvalue weighted by Crippen LogP contribution is 2.11. The van der Waals surface area contributed by atoms with Crippen molar-refractivity contribution in [3.05, 3.63) is 0 Å². The molecule has 0 saturated carbocycles. The molecule has 2 fully saturated rings. The molecule has 25 heavy (non-hydrogen) atoms. The van der Waals surface area contributed by atoms with Gasteiger partial charge in [-0.05, 0) is 26.8 Å². The fourth-order valence-electron chi connectivity index (χ4n) is 3.28. The molecule has 0 amide bonds. The summed E-state index contributed by atoms with van der Waals surface area (Å²) in [4.78, 5) is 9.64. The highest BCUT2D eigenvalue weighted by Gasteiger charge is 2.28. The lowest BCUT2D eigenvalue weighted by Gasteiger charge is -2.37. The molecular formula is C16H34IN5O2S. The van der Waals surface area contributed by atoms with Gasteiger partial charge in [-0.2, -0.15) is 0 Å². The minimum absolute atomic E-state index is 0. The van der Waals surface area contributed by atoms with E-state index < -0.39 is 9.84 Å². The van der Waals surface area contributed by atoms with Crippen LogP contribution in [0.1, 0.15) is 27.2 Å². The quantitative estimate of drug-likeness (QED) is 0.321. The van der Waals surface area contributed by atoms with E-state index in [1.54, 1.807) is 0 Å². The van der Waals surface area contributed by atoms with E-state index in [0.29, 0.717) is 12.5 Å².